The van der Waals surface area contributed by atoms with Crippen molar-refractivity contribution in [3.05, 3.63) is 64.2 Å². The van der Waals surface area contributed by atoms with E-state index < -0.39 is 5.82 Å². The number of aliphatic hydroxyl groups is 1. The number of anilines is 1. The third-order valence-corrected chi connectivity index (χ3v) is 5.98. The van der Waals surface area contributed by atoms with Crippen molar-refractivity contribution in [2.24, 2.45) is 0 Å². The number of ether oxygens (including phenoxy) is 1. The van der Waals surface area contributed by atoms with Crippen LogP contribution in [0.3, 0.4) is 0 Å². The normalized spacial score (nSPS) is 14.1. The average Bonchev–Trinajstić information content (AvgIpc) is 2.87. The average molecular weight is 464 g/mol. The highest BCUT2D eigenvalue weighted by molar-refractivity contribution is 5.81. The number of hydrogen-bond acceptors (Lipinski definition) is 7. The molecule has 34 heavy (non-hydrogen) atoms. The number of piperidine rings is 1. The van der Waals surface area contributed by atoms with E-state index >= 15 is 0 Å². The Bertz CT molecular complexity index is 1240. The fourth-order valence-corrected chi connectivity index (χ4v) is 4.10. The van der Waals surface area contributed by atoms with Gasteiger partial charge in [-0.15, -0.1) is 0 Å². The van der Waals surface area contributed by atoms with Crippen LogP contribution < -0.4 is 20.5 Å². The zero-order valence-electron chi connectivity index (χ0n) is 18.8. The summed E-state index contributed by atoms with van der Waals surface area (Å²) in [6, 6.07) is 13.3. The number of halogens is 1. The van der Waals surface area contributed by atoms with Crippen LogP contribution in [0.1, 0.15) is 18.4 Å². The molecule has 0 saturated carbocycles. The Hall–Kier alpha value is -3.74. The van der Waals surface area contributed by atoms with Crippen LogP contribution in [0.25, 0.3) is 22.4 Å². The molecule has 0 amide bonds. The zero-order valence-corrected chi connectivity index (χ0v) is 18.8. The molecule has 0 spiro atoms. The van der Waals surface area contributed by atoms with Crippen LogP contribution in [0, 0.1) is 17.1 Å². The first-order valence-corrected chi connectivity index (χ1v) is 11.1. The van der Waals surface area contributed by atoms with Gasteiger partial charge in [0.05, 0.1) is 23.4 Å². The number of rotatable bonds is 7. The topological polar surface area (TPSA) is 114 Å². The minimum absolute atomic E-state index is 0.0742. The molecule has 8 nitrogen and oxygen atoms in total. The lowest BCUT2D eigenvalue weighted by Gasteiger charge is -2.32. The molecule has 1 aromatic heterocycles. The molecule has 9 heteroatoms. The number of nitriles is 1. The van der Waals surface area contributed by atoms with Crippen LogP contribution in [0.4, 0.5) is 10.3 Å². The summed E-state index contributed by atoms with van der Waals surface area (Å²) in [4.78, 5) is 23.0. The monoisotopic (exact) mass is 463 g/mol. The third kappa shape index (κ3) is 4.93. The molecule has 1 aliphatic rings. The van der Waals surface area contributed by atoms with E-state index in [4.69, 9.17) is 20.1 Å². The second-order valence-electron chi connectivity index (χ2n) is 8.07. The van der Waals surface area contributed by atoms with Gasteiger partial charge in [0.25, 0.3) is 5.56 Å². The van der Waals surface area contributed by atoms with Crippen LogP contribution >= 0.6 is 0 Å². The summed E-state index contributed by atoms with van der Waals surface area (Å²) >= 11 is 0. The molecule has 176 valence electrons. The predicted octanol–water partition coefficient (Wildman–Crippen LogP) is 2.67. The van der Waals surface area contributed by atoms with Gasteiger partial charge in [-0.05, 0) is 49.7 Å². The molecule has 2 aromatic carbocycles. The molecular weight excluding hydrogens is 437 g/mol. The maximum Gasteiger partial charge on any atom is 0.260 e. The molecular formula is C25H26FN5O3. The first kappa shape index (κ1) is 23.4. The number of hydrogen-bond donors (Lipinski definition) is 3. The van der Waals surface area contributed by atoms with Gasteiger partial charge in [-0.25, -0.2) is 9.37 Å². The van der Waals surface area contributed by atoms with Crippen LogP contribution in [0.15, 0.2) is 47.3 Å². The Morgan fingerprint density at radius 3 is 2.56 bits per heavy atom. The Labute approximate surface area is 196 Å². The molecule has 0 atom stereocenters. The fraction of sp³-hybridized carbons (Fsp3) is 0.320. The van der Waals surface area contributed by atoms with Crippen molar-refractivity contribution in [3.63, 3.8) is 0 Å². The molecule has 2 heterocycles. The molecule has 0 unspecified atom stereocenters. The van der Waals surface area contributed by atoms with Crippen molar-refractivity contribution in [1.82, 2.24) is 15.3 Å². The second-order valence-corrected chi connectivity index (χ2v) is 8.07. The smallest absolute Gasteiger partial charge is 0.260 e. The lowest BCUT2D eigenvalue weighted by Crippen LogP contribution is -2.42. The van der Waals surface area contributed by atoms with Gasteiger partial charge in [-0.3, -0.25) is 9.78 Å². The van der Waals surface area contributed by atoms with E-state index in [0.717, 1.165) is 25.9 Å². The van der Waals surface area contributed by atoms with E-state index in [1.165, 1.54) is 12.1 Å². The number of benzene rings is 2. The van der Waals surface area contributed by atoms with Crippen molar-refractivity contribution in [1.29, 1.82) is 5.26 Å². The van der Waals surface area contributed by atoms with Gasteiger partial charge in [-0.2, -0.15) is 5.26 Å². The lowest BCUT2D eigenvalue weighted by atomic mass is 9.99. The Morgan fingerprint density at radius 2 is 1.94 bits per heavy atom. The summed E-state index contributed by atoms with van der Waals surface area (Å²) in [5.41, 5.74) is 1.21. The van der Waals surface area contributed by atoms with Crippen molar-refractivity contribution in [3.8, 4) is 34.2 Å². The van der Waals surface area contributed by atoms with Crippen molar-refractivity contribution < 1.29 is 14.2 Å². The summed E-state index contributed by atoms with van der Waals surface area (Å²) in [5.74, 6) is 0.320. The highest BCUT2D eigenvalue weighted by Gasteiger charge is 2.23. The van der Waals surface area contributed by atoms with E-state index in [1.807, 2.05) is 18.0 Å². The Morgan fingerprint density at radius 1 is 1.24 bits per heavy atom. The summed E-state index contributed by atoms with van der Waals surface area (Å²) in [5, 5.41) is 21.3. The summed E-state index contributed by atoms with van der Waals surface area (Å²) in [6.07, 6.45) is 1.83. The zero-order chi connectivity index (χ0) is 24.1. The maximum atomic E-state index is 14.5. The fourth-order valence-electron chi connectivity index (χ4n) is 4.10. The SMILES string of the molecule is CNC1CCN(c2nc(-c3ccc(C#N)c(F)c3)c(-c3ccc(OCCO)cc3)c(=O)[nH]2)CC1. The van der Waals surface area contributed by atoms with E-state index in [9.17, 15) is 9.18 Å². The predicted molar refractivity (Wildman–Crippen MR) is 127 cm³/mol. The molecule has 1 saturated heterocycles. The first-order chi connectivity index (χ1) is 16.5. The number of aromatic nitrogens is 2. The highest BCUT2D eigenvalue weighted by atomic mass is 19.1. The molecule has 3 aromatic rings. The molecule has 4 rings (SSSR count). The van der Waals surface area contributed by atoms with Crippen LogP contribution in [-0.4, -0.2) is 54.5 Å². The van der Waals surface area contributed by atoms with Gasteiger partial charge < -0.3 is 20.1 Å². The molecule has 3 N–H and O–H groups in total. The first-order valence-electron chi connectivity index (χ1n) is 11.1. The van der Waals surface area contributed by atoms with Gasteiger partial charge in [0.15, 0.2) is 0 Å². The van der Waals surface area contributed by atoms with Gasteiger partial charge in [-0.1, -0.05) is 18.2 Å². The summed E-state index contributed by atoms with van der Waals surface area (Å²) in [6.45, 7) is 1.51. The van der Waals surface area contributed by atoms with E-state index in [-0.39, 0.29) is 24.3 Å². The molecule has 1 fully saturated rings. The number of aliphatic hydroxyl groups excluding tert-OH is 1. The van der Waals surface area contributed by atoms with Crippen LogP contribution in [-0.2, 0) is 0 Å². The number of nitrogens with zero attached hydrogens (tertiary/aromatic N) is 3. The maximum absolute atomic E-state index is 14.5. The van der Waals surface area contributed by atoms with Crippen molar-refractivity contribution in [2.45, 2.75) is 18.9 Å². The second kappa shape index (κ2) is 10.5. The standard InChI is InChI=1S/C25H26FN5O3/c1-28-19-8-10-31(11-9-19)25-29-23(17-2-3-18(15-27)21(26)14-17)22(24(33)30-25)16-4-6-20(7-5-16)34-13-12-32/h2-7,14,19,28,32H,8-13H2,1H3,(H,29,30,33). The molecule has 0 aliphatic carbocycles. The van der Waals surface area contributed by atoms with E-state index in [2.05, 4.69) is 10.3 Å². The lowest BCUT2D eigenvalue weighted by molar-refractivity contribution is 0.201. The van der Waals surface area contributed by atoms with Gasteiger partial charge in [0.1, 0.15) is 24.2 Å². The van der Waals surface area contributed by atoms with Gasteiger partial charge in [0, 0.05) is 24.7 Å². The molecule has 0 bridgehead atoms. The van der Waals surface area contributed by atoms with Crippen molar-refractivity contribution in [2.75, 3.05) is 38.3 Å². The minimum atomic E-state index is -0.669. The Kier molecular flexibility index (Phi) is 7.21. The van der Waals surface area contributed by atoms with E-state index in [0.29, 0.717) is 40.1 Å². The number of nitrogens with one attached hydrogen (secondary N) is 2. The highest BCUT2D eigenvalue weighted by Crippen LogP contribution is 2.31. The molecule has 1 aliphatic heterocycles. The molecule has 0 radical (unpaired) electrons. The van der Waals surface area contributed by atoms with Crippen LogP contribution in [0.2, 0.25) is 0 Å². The number of H-pyrrole nitrogens is 1. The van der Waals surface area contributed by atoms with Crippen LogP contribution in [0.5, 0.6) is 5.75 Å². The van der Waals surface area contributed by atoms with E-state index in [1.54, 1.807) is 30.3 Å². The number of aromatic amines is 1. The quantitative estimate of drug-likeness (QED) is 0.494. The van der Waals surface area contributed by atoms with Gasteiger partial charge in [0.2, 0.25) is 5.95 Å². The minimum Gasteiger partial charge on any atom is -0.491 e. The largest absolute Gasteiger partial charge is 0.491 e. The Balaban J connectivity index is 1.80. The van der Waals surface area contributed by atoms with Crippen molar-refractivity contribution >= 4 is 5.95 Å². The third-order valence-electron chi connectivity index (χ3n) is 5.98. The van der Waals surface area contributed by atoms with Gasteiger partial charge >= 0.3 is 0 Å². The summed E-state index contributed by atoms with van der Waals surface area (Å²) in [7, 11) is 1.94. The summed E-state index contributed by atoms with van der Waals surface area (Å²) < 4.78 is 19.9.